The Morgan fingerprint density at radius 2 is 1.93 bits per heavy atom. The van der Waals surface area contributed by atoms with Crippen LogP contribution in [0.4, 0.5) is 0 Å². The number of amides is 1. The van der Waals surface area contributed by atoms with Gasteiger partial charge in [0.1, 0.15) is 0 Å². The molecule has 0 saturated heterocycles. The number of nitrogens with zero attached hydrogens (tertiary/aromatic N) is 4. The number of aryl methyl sites for hydroxylation is 1. The lowest BCUT2D eigenvalue weighted by molar-refractivity contribution is 0.0991. The summed E-state index contributed by atoms with van der Waals surface area (Å²) in [6.45, 7) is 0.609. The first-order valence-electron chi connectivity index (χ1n) is 8.36. The molecule has 0 unspecified atom stereocenters. The van der Waals surface area contributed by atoms with Crippen molar-refractivity contribution in [1.29, 1.82) is 0 Å². The Balaban J connectivity index is 1.70. The number of hydrogen-bond acceptors (Lipinski definition) is 4. The Kier molecular flexibility index (Phi) is 4.52. The molecule has 2 aromatic heterocycles. The number of thiazole rings is 1. The summed E-state index contributed by atoms with van der Waals surface area (Å²) in [5, 5.41) is 8.21. The van der Waals surface area contributed by atoms with Crippen molar-refractivity contribution in [3.63, 3.8) is 0 Å². The highest BCUT2D eigenvalue weighted by Crippen LogP contribution is 2.19. The molecule has 0 fully saturated rings. The van der Waals surface area contributed by atoms with E-state index in [-0.39, 0.29) is 11.3 Å². The maximum absolute atomic E-state index is 12.4. The fourth-order valence-corrected chi connectivity index (χ4v) is 3.61. The molecule has 7 heteroatoms. The summed E-state index contributed by atoms with van der Waals surface area (Å²) in [6.07, 6.45) is 1.91. The van der Waals surface area contributed by atoms with Crippen LogP contribution in [0.2, 0.25) is 0 Å². The molecule has 4 aromatic rings. The molecular weight excluding hydrogens is 360 g/mol. The Morgan fingerprint density at radius 1 is 1.11 bits per heavy atom. The molecular formula is C20H16N4O2S. The molecule has 6 nitrogen and oxygen atoms in total. The molecule has 134 valence electrons. The van der Waals surface area contributed by atoms with Crippen molar-refractivity contribution in [3.8, 4) is 0 Å². The second-order valence-corrected chi connectivity index (χ2v) is 6.92. The van der Waals surface area contributed by atoms with Gasteiger partial charge in [-0.3, -0.25) is 9.59 Å². The number of carbonyl (C=O) groups is 1. The standard InChI is InChI=1S/C20H16N4O2S/c1-23-18(25)10-9-17(22-23)19(26)21-20-24(11-12-27-20)13-15-7-4-6-14-5-2-3-8-16(14)15/h2-12H,13H2,1H3. The van der Waals surface area contributed by atoms with Crippen molar-refractivity contribution in [1.82, 2.24) is 14.3 Å². The third kappa shape index (κ3) is 3.50. The van der Waals surface area contributed by atoms with E-state index in [9.17, 15) is 9.59 Å². The lowest BCUT2D eigenvalue weighted by Gasteiger charge is -2.07. The summed E-state index contributed by atoms with van der Waals surface area (Å²) >= 11 is 1.38. The van der Waals surface area contributed by atoms with E-state index in [0.29, 0.717) is 11.3 Å². The summed E-state index contributed by atoms with van der Waals surface area (Å²) in [5.41, 5.74) is 1.02. The fourth-order valence-electron chi connectivity index (χ4n) is 2.88. The van der Waals surface area contributed by atoms with Crippen molar-refractivity contribution in [2.75, 3.05) is 0 Å². The number of hydrogen-bond donors (Lipinski definition) is 0. The van der Waals surface area contributed by atoms with E-state index in [1.165, 1.54) is 41.3 Å². The van der Waals surface area contributed by atoms with Gasteiger partial charge >= 0.3 is 0 Å². The molecule has 0 aliphatic rings. The van der Waals surface area contributed by atoms with E-state index in [0.717, 1.165) is 10.2 Å². The molecule has 0 atom stereocenters. The van der Waals surface area contributed by atoms with Crippen LogP contribution in [0.15, 0.2) is 76.0 Å². The normalized spacial score (nSPS) is 11.8. The van der Waals surface area contributed by atoms with Gasteiger partial charge in [-0.15, -0.1) is 11.3 Å². The first kappa shape index (κ1) is 17.1. The minimum atomic E-state index is -0.472. The summed E-state index contributed by atoms with van der Waals surface area (Å²) in [6, 6.07) is 17.1. The van der Waals surface area contributed by atoms with Gasteiger partial charge in [0.15, 0.2) is 10.5 Å². The monoisotopic (exact) mass is 376 g/mol. The Hall–Kier alpha value is -3.32. The van der Waals surface area contributed by atoms with Gasteiger partial charge in [0.25, 0.3) is 11.5 Å². The number of fused-ring (bicyclic) bond motifs is 1. The lowest BCUT2D eigenvalue weighted by Crippen LogP contribution is -2.22. The lowest BCUT2D eigenvalue weighted by atomic mass is 10.0. The van der Waals surface area contributed by atoms with Crippen molar-refractivity contribution >= 4 is 28.0 Å². The number of carbonyl (C=O) groups excluding carboxylic acids is 1. The number of benzene rings is 2. The SMILES string of the molecule is Cn1nc(C(=O)N=c2sccn2Cc2cccc3ccccc23)ccc1=O. The van der Waals surface area contributed by atoms with Crippen LogP contribution < -0.4 is 10.4 Å². The third-order valence-electron chi connectivity index (χ3n) is 4.26. The van der Waals surface area contributed by atoms with Gasteiger partial charge in [0.2, 0.25) is 0 Å². The quantitative estimate of drug-likeness (QED) is 0.552. The molecule has 1 amide bonds. The largest absolute Gasteiger partial charge is 0.319 e. The molecule has 0 N–H and O–H groups in total. The van der Waals surface area contributed by atoms with E-state index < -0.39 is 5.91 Å². The highest BCUT2D eigenvalue weighted by atomic mass is 32.1. The van der Waals surface area contributed by atoms with Gasteiger partial charge in [-0.05, 0) is 22.4 Å². The molecule has 0 bridgehead atoms. The average Bonchev–Trinajstić information content (AvgIpc) is 3.11. The highest BCUT2D eigenvalue weighted by Gasteiger charge is 2.09. The summed E-state index contributed by atoms with van der Waals surface area (Å²) in [4.78, 5) is 28.7. The smallest absolute Gasteiger partial charge is 0.300 e. The Labute approximate surface area is 158 Å². The van der Waals surface area contributed by atoms with Crippen molar-refractivity contribution < 1.29 is 4.79 Å². The maximum Gasteiger partial charge on any atom is 0.300 e. The average molecular weight is 376 g/mol. The molecule has 0 spiro atoms. The van der Waals surface area contributed by atoms with Crippen molar-refractivity contribution in [2.24, 2.45) is 12.0 Å². The van der Waals surface area contributed by atoms with Crippen LogP contribution in [-0.4, -0.2) is 20.3 Å². The van der Waals surface area contributed by atoms with Crippen molar-refractivity contribution in [2.45, 2.75) is 6.54 Å². The van der Waals surface area contributed by atoms with Crippen molar-refractivity contribution in [3.05, 3.63) is 92.6 Å². The second kappa shape index (κ2) is 7.13. The van der Waals surface area contributed by atoms with Gasteiger partial charge < -0.3 is 4.57 Å². The van der Waals surface area contributed by atoms with Gasteiger partial charge in [0.05, 0.1) is 6.54 Å². The predicted octanol–water partition coefficient (Wildman–Crippen LogP) is 2.59. The van der Waals surface area contributed by atoms with Gasteiger partial charge in [-0.25, -0.2) is 4.68 Å². The summed E-state index contributed by atoms with van der Waals surface area (Å²) in [7, 11) is 1.50. The molecule has 4 rings (SSSR count). The number of aromatic nitrogens is 3. The highest BCUT2D eigenvalue weighted by molar-refractivity contribution is 7.07. The van der Waals surface area contributed by atoms with Gasteiger partial charge in [0, 0.05) is 24.7 Å². The van der Waals surface area contributed by atoms with E-state index in [2.05, 4.69) is 34.4 Å². The van der Waals surface area contributed by atoms with Crippen LogP contribution in [0.5, 0.6) is 0 Å². The zero-order valence-electron chi connectivity index (χ0n) is 14.6. The van der Waals surface area contributed by atoms with Crippen LogP contribution in [-0.2, 0) is 13.6 Å². The van der Waals surface area contributed by atoms with Gasteiger partial charge in [-0.2, -0.15) is 10.1 Å². The molecule has 0 radical (unpaired) electrons. The van der Waals surface area contributed by atoms with E-state index in [1.54, 1.807) is 0 Å². The first-order chi connectivity index (χ1) is 13.1. The van der Waals surface area contributed by atoms with E-state index >= 15 is 0 Å². The summed E-state index contributed by atoms with van der Waals surface area (Å²) in [5.74, 6) is -0.472. The fraction of sp³-hybridized carbons (Fsp3) is 0.100. The van der Waals surface area contributed by atoms with E-state index in [1.807, 2.05) is 34.3 Å². The molecule has 2 aromatic carbocycles. The number of rotatable bonds is 3. The van der Waals surface area contributed by atoms with Crippen LogP contribution in [0.25, 0.3) is 10.8 Å². The second-order valence-electron chi connectivity index (χ2n) is 6.05. The Morgan fingerprint density at radius 3 is 2.78 bits per heavy atom. The van der Waals surface area contributed by atoms with E-state index in [4.69, 9.17) is 0 Å². The van der Waals surface area contributed by atoms with Gasteiger partial charge in [-0.1, -0.05) is 42.5 Å². The predicted molar refractivity (Wildman–Crippen MR) is 105 cm³/mol. The minimum Gasteiger partial charge on any atom is -0.319 e. The molecule has 0 saturated carbocycles. The van der Waals surface area contributed by atoms with Crippen LogP contribution in [0.3, 0.4) is 0 Å². The zero-order chi connectivity index (χ0) is 18.8. The zero-order valence-corrected chi connectivity index (χ0v) is 15.4. The summed E-state index contributed by atoms with van der Waals surface area (Å²) < 4.78 is 3.06. The first-order valence-corrected chi connectivity index (χ1v) is 9.24. The molecule has 0 aliphatic carbocycles. The molecule has 2 heterocycles. The minimum absolute atomic E-state index is 0.141. The van der Waals surface area contributed by atoms with Crippen LogP contribution in [0, 0.1) is 0 Å². The van der Waals surface area contributed by atoms with Crippen LogP contribution in [0.1, 0.15) is 16.1 Å². The molecule has 0 aliphatic heterocycles. The Bertz CT molecular complexity index is 1260. The third-order valence-corrected chi connectivity index (χ3v) is 5.05. The maximum atomic E-state index is 12.4. The topological polar surface area (TPSA) is 69.2 Å². The molecule has 27 heavy (non-hydrogen) atoms. The van der Waals surface area contributed by atoms with Crippen LogP contribution >= 0.6 is 11.3 Å².